The molecule has 3 aromatic rings. The lowest BCUT2D eigenvalue weighted by Gasteiger charge is -2.12. The summed E-state index contributed by atoms with van der Waals surface area (Å²) in [5, 5.41) is 10.4. The first-order valence-electron chi connectivity index (χ1n) is 7.91. The van der Waals surface area contributed by atoms with Gasteiger partial charge in [-0.3, -0.25) is 14.8 Å². The molecule has 1 aromatic heterocycles. The van der Waals surface area contributed by atoms with Gasteiger partial charge in [-0.2, -0.15) is 0 Å². The van der Waals surface area contributed by atoms with Crippen molar-refractivity contribution in [1.29, 1.82) is 0 Å². The molecule has 0 radical (unpaired) electrons. The third-order valence-corrected chi connectivity index (χ3v) is 4.37. The van der Waals surface area contributed by atoms with E-state index in [0.717, 1.165) is 5.69 Å². The zero-order chi connectivity index (χ0) is 18.5. The van der Waals surface area contributed by atoms with Crippen LogP contribution in [0.15, 0.2) is 59.8 Å². The number of benzene rings is 2. The van der Waals surface area contributed by atoms with Crippen LogP contribution in [-0.2, 0) is 4.79 Å². The highest BCUT2D eigenvalue weighted by Gasteiger charge is 2.19. The fraction of sp³-hybridized carbons (Fsp3) is 0.167. The Bertz CT molecular complexity index is 898. The maximum atomic E-state index is 14.3. The van der Waals surface area contributed by atoms with E-state index in [2.05, 4.69) is 15.6 Å². The van der Waals surface area contributed by atoms with Gasteiger partial charge in [0.15, 0.2) is 11.0 Å². The number of nitrogens with one attached hydrogen (secondary N) is 1. The van der Waals surface area contributed by atoms with E-state index < -0.39 is 0 Å². The molecule has 0 bridgehead atoms. The number of thioether (sulfide) groups is 1. The summed E-state index contributed by atoms with van der Waals surface area (Å²) < 4.78 is 16.0. The first kappa shape index (κ1) is 18.1. The van der Waals surface area contributed by atoms with Gasteiger partial charge in [0.1, 0.15) is 5.82 Å². The number of rotatable bonds is 6. The third-order valence-electron chi connectivity index (χ3n) is 3.44. The Kier molecular flexibility index (Phi) is 5.65. The first-order chi connectivity index (χ1) is 12.6. The van der Waals surface area contributed by atoms with Crippen LogP contribution in [0.1, 0.15) is 0 Å². The summed E-state index contributed by atoms with van der Waals surface area (Å²) in [6.07, 6.45) is 0. The number of nitrogens with zero attached hydrogens (tertiary/aromatic N) is 4. The van der Waals surface area contributed by atoms with Crippen LogP contribution in [-0.4, -0.2) is 45.5 Å². The number of hydrazine groups is 1. The molecule has 2 aromatic carbocycles. The topological polar surface area (TPSA) is 63.1 Å². The van der Waals surface area contributed by atoms with E-state index in [4.69, 9.17) is 0 Å². The molecule has 6 nitrogen and oxygen atoms in total. The zero-order valence-electron chi connectivity index (χ0n) is 14.4. The molecule has 0 spiro atoms. The van der Waals surface area contributed by atoms with Crippen LogP contribution < -0.4 is 5.43 Å². The number of hydrogen-bond donors (Lipinski definition) is 1. The first-order valence-corrected chi connectivity index (χ1v) is 8.90. The number of halogens is 1. The van der Waals surface area contributed by atoms with Crippen molar-refractivity contribution >= 4 is 17.7 Å². The number of para-hydroxylation sites is 1. The maximum absolute atomic E-state index is 14.3. The van der Waals surface area contributed by atoms with E-state index in [0.29, 0.717) is 16.5 Å². The molecule has 0 fully saturated rings. The Hall–Kier alpha value is -2.71. The minimum Gasteiger partial charge on any atom is -0.289 e. The van der Waals surface area contributed by atoms with Crippen molar-refractivity contribution in [2.75, 3.05) is 19.8 Å². The molecule has 1 heterocycles. The van der Waals surface area contributed by atoms with E-state index in [1.165, 1.54) is 17.8 Å². The monoisotopic (exact) mass is 371 g/mol. The lowest BCUT2D eigenvalue weighted by atomic mass is 10.2. The Labute approximate surface area is 155 Å². The second-order valence-electron chi connectivity index (χ2n) is 5.68. The molecule has 134 valence electrons. The highest BCUT2D eigenvalue weighted by atomic mass is 32.2. The van der Waals surface area contributed by atoms with Crippen molar-refractivity contribution in [3.63, 3.8) is 0 Å². The van der Waals surface area contributed by atoms with Gasteiger partial charge in [-0.1, -0.05) is 42.1 Å². The van der Waals surface area contributed by atoms with Gasteiger partial charge in [-0.15, -0.1) is 10.2 Å². The third kappa shape index (κ3) is 4.09. The van der Waals surface area contributed by atoms with Crippen LogP contribution in [0.3, 0.4) is 0 Å². The van der Waals surface area contributed by atoms with Gasteiger partial charge in [-0.25, -0.2) is 9.40 Å². The number of aromatic nitrogens is 3. The molecule has 0 saturated heterocycles. The summed E-state index contributed by atoms with van der Waals surface area (Å²) in [7, 11) is 3.48. The van der Waals surface area contributed by atoms with Gasteiger partial charge in [0, 0.05) is 19.8 Å². The molecule has 0 saturated carbocycles. The van der Waals surface area contributed by atoms with Gasteiger partial charge in [0.2, 0.25) is 5.91 Å². The van der Waals surface area contributed by atoms with Crippen LogP contribution in [0.4, 0.5) is 4.39 Å². The van der Waals surface area contributed by atoms with Crippen LogP contribution in [0, 0.1) is 5.82 Å². The Morgan fingerprint density at radius 2 is 1.81 bits per heavy atom. The summed E-state index contributed by atoms with van der Waals surface area (Å²) in [4.78, 5) is 11.9. The summed E-state index contributed by atoms with van der Waals surface area (Å²) in [6.45, 7) is 0. The number of hydrogen-bond acceptors (Lipinski definition) is 5. The standard InChI is InChI=1S/C18H18FN5OS/c1-23(2)22-16(25)12-26-18-21-20-17(14-10-6-7-11-15(14)19)24(18)13-8-4-3-5-9-13/h3-11H,12H2,1-2H3,(H,22,25). The normalized spacial score (nSPS) is 10.9. The highest BCUT2D eigenvalue weighted by molar-refractivity contribution is 7.99. The molecule has 3 rings (SSSR count). The minimum atomic E-state index is -0.376. The zero-order valence-corrected chi connectivity index (χ0v) is 15.2. The van der Waals surface area contributed by atoms with Crippen LogP contribution in [0.2, 0.25) is 0 Å². The Morgan fingerprint density at radius 1 is 1.12 bits per heavy atom. The number of carbonyl (C=O) groups excluding carboxylic acids is 1. The molecule has 1 amide bonds. The molecule has 8 heteroatoms. The lowest BCUT2D eigenvalue weighted by Crippen LogP contribution is -2.37. The van der Waals surface area contributed by atoms with E-state index >= 15 is 0 Å². The smallest absolute Gasteiger partial charge is 0.244 e. The molecule has 0 aliphatic rings. The van der Waals surface area contributed by atoms with E-state index in [9.17, 15) is 9.18 Å². The van der Waals surface area contributed by atoms with E-state index in [1.54, 1.807) is 41.9 Å². The van der Waals surface area contributed by atoms with Crippen molar-refractivity contribution in [2.45, 2.75) is 5.16 Å². The van der Waals surface area contributed by atoms with Crippen LogP contribution >= 0.6 is 11.8 Å². The fourth-order valence-electron chi connectivity index (χ4n) is 2.40. The molecule has 0 aliphatic heterocycles. The second kappa shape index (κ2) is 8.11. The van der Waals surface area contributed by atoms with Gasteiger partial charge in [0.25, 0.3) is 0 Å². The van der Waals surface area contributed by atoms with E-state index in [-0.39, 0.29) is 17.5 Å². The van der Waals surface area contributed by atoms with Crippen LogP contribution in [0.5, 0.6) is 0 Å². The van der Waals surface area contributed by atoms with Crippen LogP contribution in [0.25, 0.3) is 17.1 Å². The highest BCUT2D eigenvalue weighted by Crippen LogP contribution is 2.29. The predicted octanol–water partition coefficient (Wildman–Crippen LogP) is 2.76. The summed E-state index contributed by atoms with van der Waals surface area (Å²) in [5.41, 5.74) is 3.83. The van der Waals surface area contributed by atoms with Crippen molar-refractivity contribution < 1.29 is 9.18 Å². The largest absolute Gasteiger partial charge is 0.289 e. The lowest BCUT2D eigenvalue weighted by molar-refractivity contribution is -0.122. The van der Waals surface area contributed by atoms with Crippen molar-refractivity contribution in [1.82, 2.24) is 25.2 Å². The molecule has 1 N–H and O–H groups in total. The van der Waals surface area contributed by atoms with Crippen molar-refractivity contribution in [3.05, 3.63) is 60.4 Å². The van der Waals surface area contributed by atoms with E-state index in [1.807, 2.05) is 30.3 Å². The minimum absolute atomic E-state index is 0.157. The number of carbonyl (C=O) groups is 1. The average Bonchev–Trinajstić information content (AvgIpc) is 3.04. The molecular weight excluding hydrogens is 353 g/mol. The summed E-state index contributed by atoms with van der Waals surface area (Å²) >= 11 is 1.24. The quantitative estimate of drug-likeness (QED) is 0.533. The van der Waals surface area contributed by atoms with Gasteiger partial charge < -0.3 is 0 Å². The Balaban J connectivity index is 1.98. The van der Waals surface area contributed by atoms with Gasteiger partial charge in [0.05, 0.1) is 11.3 Å². The average molecular weight is 371 g/mol. The Morgan fingerprint density at radius 3 is 2.50 bits per heavy atom. The molecule has 0 unspecified atom stereocenters. The molecule has 0 aliphatic carbocycles. The molecule has 0 atom stereocenters. The van der Waals surface area contributed by atoms with Gasteiger partial charge in [-0.05, 0) is 24.3 Å². The van der Waals surface area contributed by atoms with Crippen molar-refractivity contribution in [3.8, 4) is 17.1 Å². The maximum Gasteiger partial charge on any atom is 0.244 e. The predicted molar refractivity (Wildman–Crippen MR) is 99.3 cm³/mol. The number of amides is 1. The molecular formula is C18H18FN5OS. The van der Waals surface area contributed by atoms with Gasteiger partial charge >= 0.3 is 0 Å². The second-order valence-corrected chi connectivity index (χ2v) is 6.62. The fourth-order valence-corrected chi connectivity index (χ4v) is 3.15. The SMILES string of the molecule is CN(C)NC(=O)CSc1nnc(-c2ccccc2F)n1-c1ccccc1. The summed E-state index contributed by atoms with van der Waals surface area (Å²) in [5.74, 6) is 0.0271. The van der Waals surface area contributed by atoms with Crippen molar-refractivity contribution in [2.24, 2.45) is 0 Å². The summed E-state index contributed by atoms with van der Waals surface area (Å²) in [6, 6.07) is 15.9. The molecule has 26 heavy (non-hydrogen) atoms.